The normalized spacial score (nSPS) is 21.0. The summed E-state index contributed by atoms with van der Waals surface area (Å²) in [6.07, 6.45) is 6.28. The second-order valence-electron chi connectivity index (χ2n) is 5.22. The van der Waals surface area contributed by atoms with Crippen LogP contribution in [0.3, 0.4) is 0 Å². The first-order valence-corrected chi connectivity index (χ1v) is 7.25. The van der Waals surface area contributed by atoms with Crippen molar-refractivity contribution in [1.29, 1.82) is 0 Å². The van der Waals surface area contributed by atoms with Crippen LogP contribution in [0, 0.1) is 0 Å². The summed E-state index contributed by atoms with van der Waals surface area (Å²) in [7, 11) is 0. The molecular weight excluding hydrogens is 264 g/mol. The number of carbonyl (C=O) groups is 1. The monoisotopic (exact) mass is 282 g/mol. The third-order valence-corrected chi connectivity index (χ3v) is 3.74. The minimum absolute atomic E-state index is 0.0400. The average molecular weight is 282 g/mol. The molecule has 21 heavy (non-hydrogen) atoms. The van der Waals surface area contributed by atoms with Crippen LogP contribution in [0.25, 0.3) is 0 Å². The van der Waals surface area contributed by atoms with Crippen molar-refractivity contribution in [3.63, 3.8) is 0 Å². The molecule has 1 heterocycles. The lowest BCUT2D eigenvalue weighted by molar-refractivity contribution is 0.0894. The smallest absolute Gasteiger partial charge is 0.251 e. The maximum absolute atomic E-state index is 12.2. The third-order valence-electron chi connectivity index (χ3n) is 3.74. The molecule has 1 aromatic heterocycles. The van der Waals surface area contributed by atoms with E-state index in [1.54, 1.807) is 24.5 Å². The highest BCUT2D eigenvalue weighted by Gasteiger charge is 2.30. The number of rotatable bonds is 4. The molecule has 1 aliphatic rings. The molecule has 0 saturated heterocycles. The highest BCUT2D eigenvalue weighted by Crippen LogP contribution is 2.24. The quantitative estimate of drug-likeness (QED) is 0.938. The van der Waals surface area contributed by atoms with Crippen LogP contribution in [0.1, 0.15) is 29.6 Å². The SMILES string of the molecule is O=C(N[C@H]1CCC[C@@H]1Oc1ccccc1)c1ccncc1. The molecule has 1 saturated carbocycles. The van der Waals surface area contributed by atoms with Crippen molar-refractivity contribution in [2.45, 2.75) is 31.4 Å². The number of hydrogen-bond donors (Lipinski definition) is 1. The van der Waals surface area contributed by atoms with E-state index >= 15 is 0 Å². The van der Waals surface area contributed by atoms with Crippen molar-refractivity contribution in [1.82, 2.24) is 10.3 Å². The lowest BCUT2D eigenvalue weighted by Crippen LogP contribution is -2.42. The first-order valence-electron chi connectivity index (χ1n) is 7.25. The lowest BCUT2D eigenvalue weighted by Gasteiger charge is -2.22. The fourth-order valence-corrected chi connectivity index (χ4v) is 2.66. The second kappa shape index (κ2) is 6.39. The van der Waals surface area contributed by atoms with Crippen LogP contribution in [0.2, 0.25) is 0 Å². The average Bonchev–Trinajstić information content (AvgIpc) is 2.96. The van der Waals surface area contributed by atoms with Gasteiger partial charge in [-0.3, -0.25) is 9.78 Å². The molecule has 4 heteroatoms. The Morgan fingerprint density at radius 2 is 1.86 bits per heavy atom. The fourth-order valence-electron chi connectivity index (χ4n) is 2.66. The van der Waals surface area contributed by atoms with Gasteiger partial charge in [0.15, 0.2) is 0 Å². The molecular formula is C17H18N2O2. The van der Waals surface area contributed by atoms with Crippen molar-refractivity contribution >= 4 is 5.91 Å². The molecule has 2 aromatic rings. The van der Waals surface area contributed by atoms with Crippen molar-refractivity contribution in [3.05, 3.63) is 60.4 Å². The molecule has 3 rings (SSSR count). The van der Waals surface area contributed by atoms with E-state index in [0.717, 1.165) is 25.0 Å². The van der Waals surface area contributed by atoms with Gasteiger partial charge in [-0.05, 0) is 43.5 Å². The zero-order valence-electron chi connectivity index (χ0n) is 11.7. The maximum Gasteiger partial charge on any atom is 0.251 e. The Morgan fingerprint density at radius 1 is 1.10 bits per heavy atom. The number of aromatic nitrogens is 1. The zero-order valence-corrected chi connectivity index (χ0v) is 11.7. The lowest BCUT2D eigenvalue weighted by atomic mass is 10.2. The molecule has 1 aliphatic carbocycles. The van der Waals surface area contributed by atoms with Crippen molar-refractivity contribution in [2.75, 3.05) is 0 Å². The Labute approximate surface area is 124 Å². The van der Waals surface area contributed by atoms with Gasteiger partial charge in [0.1, 0.15) is 11.9 Å². The Bertz CT molecular complexity index is 586. The molecule has 4 nitrogen and oxygen atoms in total. The maximum atomic E-state index is 12.2. The zero-order chi connectivity index (χ0) is 14.5. The van der Waals surface area contributed by atoms with Crippen molar-refractivity contribution in [2.24, 2.45) is 0 Å². The van der Waals surface area contributed by atoms with Crippen LogP contribution < -0.4 is 10.1 Å². The molecule has 1 fully saturated rings. The Balaban J connectivity index is 1.63. The Kier molecular flexibility index (Phi) is 4.15. The molecule has 0 spiro atoms. The highest BCUT2D eigenvalue weighted by molar-refractivity contribution is 5.94. The van der Waals surface area contributed by atoms with E-state index in [-0.39, 0.29) is 18.1 Å². The van der Waals surface area contributed by atoms with Gasteiger partial charge in [-0.15, -0.1) is 0 Å². The van der Waals surface area contributed by atoms with Gasteiger partial charge < -0.3 is 10.1 Å². The molecule has 1 amide bonds. The molecule has 0 bridgehead atoms. The number of para-hydroxylation sites is 1. The number of hydrogen-bond acceptors (Lipinski definition) is 3. The van der Waals surface area contributed by atoms with Gasteiger partial charge in [-0.1, -0.05) is 18.2 Å². The van der Waals surface area contributed by atoms with Gasteiger partial charge in [-0.25, -0.2) is 0 Å². The largest absolute Gasteiger partial charge is 0.488 e. The van der Waals surface area contributed by atoms with E-state index in [9.17, 15) is 4.79 Å². The van der Waals surface area contributed by atoms with Crippen LogP contribution in [0.5, 0.6) is 5.75 Å². The van der Waals surface area contributed by atoms with E-state index < -0.39 is 0 Å². The van der Waals surface area contributed by atoms with Crippen molar-refractivity contribution < 1.29 is 9.53 Å². The molecule has 0 radical (unpaired) electrons. The third kappa shape index (κ3) is 3.40. The minimum Gasteiger partial charge on any atom is -0.488 e. The van der Waals surface area contributed by atoms with Crippen LogP contribution in [-0.4, -0.2) is 23.0 Å². The molecule has 0 aliphatic heterocycles. The summed E-state index contributed by atoms with van der Waals surface area (Å²) in [5.74, 6) is 0.790. The van der Waals surface area contributed by atoms with Crippen LogP contribution in [0.4, 0.5) is 0 Å². The number of nitrogens with zero attached hydrogens (tertiary/aromatic N) is 1. The van der Waals surface area contributed by atoms with Gasteiger partial charge in [0.25, 0.3) is 5.91 Å². The number of carbonyl (C=O) groups excluding carboxylic acids is 1. The first-order chi connectivity index (χ1) is 10.3. The number of nitrogens with one attached hydrogen (secondary N) is 1. The minimum atomic E-state index is -0.0639. The molecule has 2 atom stereocenters. The summed E-state index contributed by atoms with van der Waals surface area (Å²) in [4.78, 5) is 16.1. The number of amides is 1. The van der Waals surface area contributed by atoms with Crippen LogP contribution in [0.15, 0.2) is 54.9 Å². The van der Waals surface area contributed by atoms with Crippen molar-refractivity contribution in [3.8, 4) is 5.75 Å². The summed E-state index contributed by atoms with van der Waals surface area (Å²) in [6, 6.07) is 13.3. The molecule has 1 N–H and O–H groups in total. The second-order valence-corrected chi connectivity index (χ2v) is 5.22. The van der Waals surface area contributed by atoms with E-state index in [1.165, 1.54) is 0 Å². The highest BCUT2D eigenvalue weighted by atomic mass is 16.5. The van der Waals surface area contributed by atoms with Gasteiger partial charge in [0, 0.05) is 18.0 Å². The van der Waals surface area contributed by atoms with Gasteiger partial charge in [0.05, 0.1) is 6.04 Å². The number of ether oxygens (including phenoxy) is 1. The van der Waals surface area contributed by atoms with E-state index in [1.807, 2.05) is 30.3 Å². The van der Waals surface area contributed by atoms with E-state index in [4.69, 9.17) is 4.74 Å². The summed E-state index contributed by atoms with van der Waals surface area (Å²) >= 11 is 0. The van der Waals surface area contributed by atoms with E-state index in [2.05, 4.69) is 10.3 Å². The summed E-state index contributed by atoms with van der Waals surface area (Å²) < 4.78 is 6.00. The van der Waals surface area contributed by atoms with Crippen LogP contribution >= 0.6 is 0 Å². The summed E-state index contributed by atoms with van der Waals surface area (Å²) in [5.41, 5.74) is 0.635. The molecule has 1 aromatic carbocycles. The van der Waals surface area contributed by atoms with Gasteiger partial charge in [-0.2, -0.15) is 0 Å². The number of benzene rings is 1. The summed E-state index contributed by atoms with van der Waals surface area (Å²) in [5, 5.41) is 3.07. The molecule has 0 unspecified atom stereocenters. The van der Waals surface area contributed by atoms with E-state index in [0.29, 0.717) is 5.56 Å². The predicted molar refractivity (Wildman–Crippen MR) is 80.2 cm³/mol. The Morgan fingerprint density at radius 3 is 2.62 bits per heavy atom. The van der Waals surface area contributed by atoms with Gasteiger partial charge >= 0.3 is 0 Å². The molecule has 108 valence electrons. The standard InChI is InChI=1S/C17H18N2O2/c20-17(13-9-11-18-12-10-13)19-15-7-4-8-16(15)21-14-5-2-1-3-6-14/h1-3,5-6,9-12,15-16H,4,7-8H2,(H,19,20)/t15-,16-/m0/s1. The number of pyridine rings is 1. The Hall–Kier alpha value is -2.36. The predicted octanol–water partition coefficient (Wildman–Crippen LogP) is 2.81. The van der Waals surface area contributed by atoms with Gasteiger partial charge in [0.2, 0.25) is 0 Å². The topological polar surface area (TPSA) is 51.2 Å². The summed E-state index contributed by atoms with van der Waals surface area (Å²) in [6.45, 7) is 0. The van der Waals surface area contributed by atoms with Crippen LogP contribution in [-0.2, 0) is 0 Å². The fraction of sp³-hybridized carbons (Fsp3) is 0.294. The first kappa shape index (κ1) is 13.6.